The van der Waals surface area contributed by atoms with Crippen molar-refractivity contribution in [2.24, 2.45) is 0 Å². The zero-order chi connectivity index (χ0) is 9.40. The van der Waals surface area contributed by atoms with Crippen molar-refractivity contribution in [2.45, 2.75) is 25.8 Å². The Labute approximate surface area is 72.9 Å². The fourth-order valence-electron chi connectivity index (χ4n) is 0.726. The molecule has 0 aliphatic heterocycles. The van der Waals surface area contributed by atoms with Crippen LogP contribution in [-0.2, 0) is 9.53 Å². The topological polar surface area (TPSA) is 58.6 Å². The molecule has 2 N–H and O–H groups in total. The zero-order valence-corrected chi connectivity index (χ0v) is 7.67. The molecular formula is C8H17NO3. The van der Waals surface area contributed by atoms with Gasteiger partial charge >= 0.3 is 5.97 Å². The predicted molar refractivity (Wildman–Crippen MR) is 46.2 cm³/mol. The molecule has 0 rings (SSSR count). The minimum Gasteiger partial charge on any atom is -0.480 e. The van der Waals surface area contributed by atoms with E-state index in [-0.39, 0.29) is 6.61 Å². The van der Waals surface area contributed by atoms with Gasteiger partial charge in [-0.1, -0.05) is 13.3 Å². The monoisotopic (exact) mass is 175 g/mol. The van der Waals surface area contributed by atoms with Gasteiger partial charge in [0.2, 0.25) is 0 Å². The third-order valence-corrected chi connectivity index (χ3v) is 1.57. The molecule has 4 nitrogen and oxygen atoms in total. The molecule has 0 spiro atoms. The minimum atomic E-state index is -0.867. The summed E-state index contributed by atoms with van der Waals surface area (Å²) < 4.78 is 5.15. The summed E-state index contributed by atoms with van der Waals surface area (Å²) in [7, 11) is 1.61. The van der Waals surface area contributed by atoms with Gasteiger partial charge in [0.15, 0.2) is 0 Å². The summed E-state index contributed by atoms with van der Waals surface area (Å²) in [5.74, 6) is -0.867. The molecule has 12 heavy (non-hydrogen) atoms. The fraction of sp³-hybridized carbons (Fsp3) is 0.875. The summed E-state index contributed by atoms with van der Waals surface area (Å²) in [6.07, 6.45) is 2.05. The number of carboxylic acid groups (broad SMARTS) is 1. The second-order valence-corrected chi connectivity index (χ2v) is 2.61. The Balaban J connectivity index is 3.38. The lowest BCUT2D eigenvalue weighted by molar-refractivity contribution is -0.140. The molecular weight excluding hydrogens is 158 g/mol. The summed E-state index contributed by atoms with van der Waals surface area (Å²) in [4.78, 5) is 10.5. The predicted octanol–water partition coefficient (Wildman–Crippen LogP) is 0.476. The van der Waals surface area contributed by atoms with E-state index in [1.165, 1.54) is 0 Å². The molecule has 0 heterocycles. The normalized spacial score (nSPS) is 12.8. The zero-order valence-electron chi connectivity index (χ0n) is 7.67. The van der Waals surface area contributed by atoms with E-state index in [4.69, 9.17) is 9.84 Å². The van der Waals surface area contributed by atoms with Crippen LogP contribution in [0.2, 0.25) is 0 Å². The maximum atomic E-state index is 10.5. The number of ether oxygens (including phenoxy) is 1. The number of likely N-dealkylation sites (N-methyl/N-ethyl adjacent to an activating group) is 1. The highest BCUT2D eigenvalue weighted by molar-refractivity contribution is 5.73. The molecule has 0 fully saturated rings. The van der Waals surface area contributed by atoms with E-state index in [2.05, 4.69) is 12.2 Å². The highest BCUT2D eigenvalue weighted by atomic mass is 16.5. The van der Waals surface area contributed by atoms with Gasteiger partial charge in [0.25, 0.3) is 0 Å². The van der Waals surface area contributed by atoms with Crippen LogP contribution in [-0.4, -0.2) is 37.4 Å². The lowest BCUT2D eigenvalue weighted by Gasteiger charge is -2.10. The minimum absolute atomic E-state index is 0.242. The SMILES string of the molecule is CCCCOCC(NC)C(=O)O. The van der Waals surface area contributed by atoms with Gasteiger partial charge in [-0.3, -0.25) is 4.79 Å². The Morgan fingerprint density at radius 3 is 2.75 bits per heavy atom. The highest BCUT2D eigenvalue weighted by Gasteiger charge is 2.13. The molecule has 1 unspecified atom stereocenters. The van der Waals surface area contributed by atoms with Crippen molar-refractivity contribution in [3.05, 3.63) is 0 Å². The average Bonchev–Trinajstić information content (AvgIpc) is 2.04. The van der Waals surface area contributed by atoms with E-state index in [9.17, 15) is 4.79 Å². The summed E-state index contributed by atoms with van der Waals surface area (Å²) in [6, 6.07) is -0.582. The van der Waals surface area contributed by atoms with Gasteiger partial charge in [0.05, 0.1) is 6.61 Å². The quantitative estimate of drug-likeness (QED) is 0.552. The first-order valence-electron chi connectivity index (χ1n) is 4.20. The Morgan fingerprint density at radius 1 is 1.67 bits per heavy atom. The van der Waals surface area contributed by atoms with Crippen molar-refractivity contribution in [2.75, 3.05) is 20.3 Å². The van der Waals surface area contributed by atoms with Gasteiger partial charge in [-0.25, -0.2) is 0 Å². The number of nitrogens with one attached hydrogen (secondary N) is 1. The number of unbranched alkanes of at least 4 members (excludes halogenated alkanes) is 1. The van der Waals surface area contributed by atoms with Crippen LogP contribution in [0, 0.1) is 0 Å². The molecule has 0 aromatic carbocycles. The molecule has 72 valence electrons. The molecule has 0 bridgehead atoms. The number of hydrogen-bond acceptors (Lipinski definition) is 3. The first-order chi connectivity index (χ1) is 5.72. The molecule has 0 aliphatic carbocycles. The summed E-state index contributed by atoms with van der Waals surface area (Å²) in [6.45, 7) is 2.95. The molecule has 0 saturated carbocycles. The molecule has 0 aromatic rings. The molecule has 0 aromatic heterocycles. The van der Waals surface area contributed by atoms with Crippen molar-refractivity contribution in [1.29, 1.82) is 0 Å². The van der Waals surface area contributed by atoms with Crippen LogP contribution >= 0.6 is 0 Å². The molecule has 0 radical (unpaired) electrons. The lowest BCUT2D eigenvalue weighted by atomic mass is 10.3. The van der Waals surface area contributed by atoms with Crippen LogP contribution < -0.4 is 5.32 Å². The van der Waals surface area contributed by atoms with Crippen LogP contribution in [0.5, 0.6) is 0 Å². The average molecular weight is 175 g/mol. The first kappa shape index (κ1) is 11.4. The second kappa shape index (κ2) is 7.06. The van der Waals surface area contributed by atoms with E-state index in [0.29, 0.717) is 6.61 Å². The third kappa shape index (κ3) is 5.09. The maximum Gasteiger partial charge on any atom is 0.323 e. The molecule has 4 heteroatoms. The Bertz CT molecular complexity index is 127. The fourth-order valence-corrected chi connectivity index (χ4v) is 0.726. The lowest BCUT2D eigenvalue weighted by Crippen LogP contribution is -2.38. The largest absolute Gasteiger partial charge is 0.480 e. The van der Waals surface area contributed by atoms with E-state index in [1.54, 1.807) is 7.05 Å². The van der Waals surface area contributed by atoms with Crippen LogP contribution in [0.4, 0.5) is 0 Å². The molecule has 0 saturated heterocycles. The molecule has 0 aliphatic rings. The third-order valence-electron chi connectivity index (χ3n) is 1.57. The van der Waals surface area contributed by atoms with Gasteiger partial charge in [-0.2, -0.15) is 0 Å². The summed E-state index contributed by atoms with van der Waals surface area (Å²) in [5.41, 5.74) is 0. The van der Waals surface area contributed by atoms with Crippen LogP contribution in [0.3, 0.4) is 0 Å². The van der Waals surface area contributed by atoms with Crippen LogP contribution in [0.1, 0.15) is 19.8 Å². The van der Waals surface area contributed by atoms with Gasteiger partial charge in [0.1, 0.15) is 6.04 Å². The van der Waals surface area contributed by atoms with E-state index >= 15 is 0 Å². The number of hydrogen-bond donors (Lipinski definition) is 2. The standard InChI is InChI=1S/C8H17NO3/c1-3-4-5-12-6-7(9-2)8(10)11/h7,9H,3-6H2,1-2H3,(H,10,11). The van der Waals surface area contributed by atoms with E-state index in [0.717, 1.165) is 12.8 Å². The molecule has 0 amide bonds. The smallest absolute Gasteiger partial charge is 0.323 e. The number of carbonyl (C=O) groups is 1. The van der Waals surface area contributed by atoms with E-state index in [1.807, 2.05) is 0 Å². The van der Waals surface area contributed by atoms with Crippen molar-refractivity contribution in [1.82, 2.24) is 5.32 Å². The van der Waals surface area contributed by atoms with Crippen molar-refractivity contribution >= 4 is 5.97 Å². The maximum absolute atomic E-state index is 10.5. The van der Waals surface area contributed by atoms with Gasteiger partial charge in [-0.15, -0.1) is 0 Å². The Kier molecular flexibility index (Phi) is 6.70. The van der Waals surface area contributed by atoms with Gasteiger partial charge in [0, 0.05) is 6.61 Å². The first-order valence-corrected chi connectivity index (χ1v) is 4.20. The number of carboxylic acids is 1. The van der Waals surface area contributed by atoms with Crippen LogP contribution in [0.15, 0.2) is 0 Å². The van der Waals surface area contributed by atoms with Gasteiger partial charge < -0.3 is 15.2 Å². The van der Waals surface area contributed by atoms with Crippen LogP contribution in [0.25, 0.3) is 0 Å². The van der Waals surface area contributed by atoms with Crippen molar-refractivity contribution in [3.8, 4) is 0 Å². The Morgan fingerprint density at radius 2 is 2.33 bits per heavy atom. The second-order valence-electron chi connectivity index (χ2n) is 2.61. The Hall–Kier alpha value is -0.610. The summed E-state index contributed by atoms with van der Waals surface area (Å²) >= 11 is 0. The molecule has 1 atom stereocenters. The van der Waals surface area contributed by atoms with E-state index < -0.39 is 12.0 Å². The van der Waals surface area contributed by atoms with Crippen molar-refractivity contribution in [3.63, 3.8) is 0 Å². The summed E-state index contributed by atoms with van der Waals surface area (Å²) in [5, 5.41) is 11.2. The highest BCUT2D eigenvalue weighted by Crippen LogP contribution is 1.90. The number of aliphatic carboxylic acids is 1. The van der Waals surface area contributed by atoms with Crippen molar-refractivity contribution < 1.29 is 14.6 Å². The van der Waals surface area contributed by atoms with Gasteiger partial charge in [-0.05, 0) is 13.5 Å². The number of rotatable bonds is 7.